The van der Waals surface area contributed by atoms with E-state index in [0.29, 0.717) is 5.56 Å². The van der Waals surface area contributed by atoms with Gasteiger partial charge in [0.2, 0.25) is 0 Å². The molecule has 0 aromatic heterocycles. The number of fused-ring (bicyclic) bond motifs is 2. The summed E-state index contributed by atoms with van der Waals surface area (Å²) in [5, 5.41) is 10.8. The lowest BCUT2D eigenvalue weighted by Crippen LogP contribution is -2.59. The monoisotopic (exact) mass is 317 g/mol. The van der Waals surface area contributed by atoms with Crippen LogP contribution in [0.15, 0.2) is 30.3 Å². The Labute approximate surface area is 136 Å². The summed E-state index contributed by atoms with van der Waals surface area (Å²) < 4.78 is 5.15. The summed E-state index contributed by atoms with van der Waals surface area (Å²) in [6.07, 6.45) is 0.632. The number of Topliss-reactive ketones (excluding diaryl/α,β-unsaturated/α-hetero) is 1. The van der Waals surface area contributed by atoms with Crippen molar-refractivity contribution >= 4 is 11.8 Å². The average molecular weight is 317 g/mol. The van der Waals surface area contributed by atoms with E-state index in [1.54, 1.807) is 19.1 Å². The fraction of sp³-hybridized carbons (Fsp3) is 0.556. The molecule has 5 heteroatoms. The molecule has 2 fully saturated rings. The normalized spacial score (nSPS) is 33.4. The zero-order chi connectivity index (χ0) is 16.6. The Morgan fingerprint density at radius 3 is 2.39 bits per heavy atom. The van der Waals surface area contributed by atoms with Crippen LogP contribution in [0.2, 0.25) is 0 Å². The lowest BCUT2D eigenvalue weighted by atomic mass is 9.76. The molecule has 0 saturated carbocycles. The van der Waals surface area contributed by atoms with Crippen molar-refractivity contribution < 1.29 is 19.4 Å². The molecule has 5 nitrogen and oxygen atoms in total. The Balaban J connectivity index is 1.93. The number of nitrogens with zero attached hydrogens (tertiary/aromatic N) is 1. The molecule has 1 aromatic carbocycles. The molecule has 0 spiro atoms. The maximum atomic E-state index is 12.9. The molecular formula is C18H23NO4. The molecule has 0 amide bonds. The van der Waals surface area contributed by atoms with Gasteiger partial charge in [-0.1, -0.05) is 30.3 Å². The van der Waals surface area contributed by atoms with Gasteiger partial charge in [-0.2, -0.15) is 0 Å². The van der Waals surface area contributed by atoms with Crippen LogP contribution in [-0.4, -0.2) is 53.6 Å². The molecule has 5 unspecified atom stereocenters. The fourth-order valence-electron chi connectivity index (χ4n) is 4.20. The minimum atomic E-state index is -0.990. The van der Waals surface area contributed by atoms with Crippen LogP contribution in [0, 0.1) is 11.8 Å². The predicted octanol–water partition coefficient (Wildman–Crippen LogP) is 1.50. The van der Waals surface area contributed by atoms with Crippen molar-refractivity contribution in [2.45, 2.75) is 38.0 Å². The van der Waals surface area contributed by atoms with Crippen molar-refractivity contribution in [1.29, 1.82) is 0 Å². The van der Waals surface area contributed by atoms with E-state index in [0.717, 1.165) is 12.8 Å². The number of carbonyl (C=O) groups is 2. The van der Waals surface area contributed by atoms with E-state index in [-0.39, 0.29) is 24.5 Å². The number of piperidine rings is 1. The SMILES string of the molecule is CCOC(=O)C1C(O)C(C(=O)c2ccccc2)C2CCC1N2C. The number of carbonyl (C=O) groups excluding carboxylic acids is 2. The summed E-state index contributed by atoms with van der Waals surface area (Å²) in [6.45, 7) is 2.03. The highest BCUT2D eigenvalue weighted by atomic mass is 16.5. The Bertz CT molecular complexity index is 588. The van der Waals surface area contributed by atoms with Gasteiger partial charge in [0, 0.05) is 17.6 Å². The molecule has 0 aliphatic carbocycles. The maximum absolute atomic E-state index is 12.9. The van der Waals surface area contributed by atoms with E-state index in [1.165, 1.54) is 0 Å². The van der Waals surface area contributed by atoms with Gasteiger partial charge < -0.3 is 9.84 Å². The molecule has 2 saturated heterocycles. The zero-order valence-electron chi connectivity index (χ0n) is 13.5. The molecule has 5 atom stereocenters. The van der Waals surface area contributed by atoms with Gasteiger partial charge in [0.1, 0.15) is 0 Å². The van der Waals surface area contributed by atoms with Gasteiger partial charge in [0.15, 0.2) is 5.78 Å². The number of aliphatic hydroxyl groups excluding tert-OH is 1. The van der Waals surface area contributed by atoms with Gasteiger partial charge in [0.05, 0.1) is 24.5 Å². The number of rotatable bonds is 4. The van der Waals surface area contributed by atoms with Crippen molar-refractivity contribution in [3.05, 3.63) is 35.9 Å². The molecule has 23 heavy (non-hydrogen) atoms. The van der Waals surface area contributed by atoms with Crippen molar-refractivity contribution in [1.82, 2.24) is 4.90 Å². The number of hydrogen-bond acceptors (Lipinski definition) is 5. The standard InChI is InChI=1S/C18H23NO4/c1-3-23-18(22)15-13-10-9-12(19(13)2)14(17(15)21)16(20)11-7-5-4-6-8-11/h4-8,12-15,17,21H,3,9-10H2,1-2H3. The number of aliphatic hydroxyl groups is 1. The average Bonchev–Trinajstić information content (AvgIpc) is 2.82. The number of ether oxygens (including phenoxy) is 1. The Morgan fingerprint density at radius 1 is 1.17 bits per heavy atom. The zero-order valence-corrected chi connectivity index (χ0v) is 13.5. The van der Waals surface area contributed by atoms with Crippen LogP contribution >= 0.6 is 0 Å². The van der Waals surface area contributed by atoms with Crippen molar-refractivity contribution in [3.8, 4) is 0 Å². The highest BCUT2D eigenvalue weighted by Gasteiger charge is 2.56. The highest BCUT2D eigenvalue weighted by Crippen LogP contribution is 2.43. The van der Waals surface area contributed by atoms with E-state index in [9.17, 15) is 14.7 Å². The van der Waals surface area contributed by atoms with Gasteiger partial charge in [0.25, 0.3) is 0 Å². The first kappa shape index (κ1) is 16.1. The Kier molecular flexibility index (Phi) is 4.50. The van der Waals surface area contributed by atoms with Gasteiger partial charge in [-0.15, -0.1) is 0 Å². The smallest absolute Gasteiger partial charge is 0.313 e. The molecule has 3 rings (SSSR count). The first-order valence-corrected chi connectivity index (χ1v) is 8.22. The summed E-state index contributed by atoms with van der Waals surface area (Å²) in [6, 6.07) is 8.93. The van der Waals surface area contributed by atoms with Crippen molar-refractivity contribution in [3.63, 3.8) is 0 Å². The maximum Gasteiger partial charge on any atom is 0.313 e. The lowest BCUT2D eigenvalue weighted by molar-refractivity contribution is -0.160. The van der Waals surface area contributed by atoms with Crippen LogP contribution in [0.1, 0.15) is 30.1 Å². The summed E-state index contributed by atoms with van der Waals surface area (Å²) in [7, 11) is 1.94. The fourth-order valence-corrected chi connectivity index (χ4v) is 4.20. The second-order valence-corrected chi connectivity index (χ2v) is 6.40. The van der Waals surface area contributed by atoms with Crippen LogP contribution in [0.25, 0.3) is 0 Å². The first-order chi connectivity index (χ1) is 11.1. The van der Waals surface area contributed by atoms with Crippen LogP contribution in [0.4, 0.5) is 0 Å². The van der Waals surface area contributed by atoms with Crippen LogP contribution in [0.5, 0.6) is 0 Å². The predicted molar refractivity (Wildman–Crippen MR) is 85.0 cm³/mol. The second kappa shape index (κ2) is 6.42. The molecule has 124 valence electrons. The third kappa shape index (κ3) is 2.68. The summed E-state index contributed by atoms with van der Waals surface area (Å²) in [5.41, 5.74) is 0.581. The quantitative estimate of drug-likeness (QED) is 0.673. The minimum absolute atomic E-state index is 0.0200. The topological polar surface area (TPSA) is 66.8 Å². The van der Waals surface area contributed by atoms with Gasteiger partial charge in [-0.25, -0.2) is 0 Å². The highest BCUT2D eigenvalue weighted by molar-refractivity contribution is 5.99. The molecule has 2 heterocycles. The van der Waals surface area contributed by atoms with E-state index < -0.39 is 23.9 Å². The largest absolute Gasteiger partial charge is 0.466 e. The third-order valence-electron chi connectivity index (χ3n) is 5.29. The second-order valence-electron chi connectivity index (χ2n) is 6.40. The van der Waals surface area contributed by atoms with Crippen LogP contribution in [0.3, 0.4) is 0 Å². The van der Waals surface area contributed by atoms with Crippen molar-refractivity contribution in [2.75, 3.05) is 13.7 Å². The molecule has 0 radical (unpaired) electrons. The minimum Gasteiger partial charge on any atom is -0.466 e. The molecule has 2 bridgehead atoms. The van der Waals surface area contributed by atoms with Crippen molar-refractivity contribution in [2.24, 2.45) is 11.8 Å². The molecule has 1 aromatic rings. The number of benzene rings is 1. The summed E-state index contributed by atoms with van der Waals surface area (Å²) >= 11 is 0. The van der Waals surface area contributed by atoms with Gasteiger partial charge in [-0.05, 0) is 26.8 Å². The third-order valence-corrected chi connectivity index (χ3v) is 5.29. The lowest BCUT2D eigenvalue weighted by Gasteiger charge is -2.44. The molecule has 2 aliphatic heterocycles. The molecule has 1 N–H and O–H groups in total. The molecular weight excluding hydrogens is 294 g/mol. The van der Waals surface area contributed by atoms with Crippen LogP contribution in [-0.2, 0) is 9.53 Å². The molecule has 2 aliphatic rings. The number of ketones is 1. The Morgan fingerprint density at radius 2 is 1.78 bits per heavy atom. The van der Waals surface area contributed by atoms with E-state index in [2.05, 4.69) is 4.90 Å². The van der Waals surface area contributed by atoms with E-state index in [1.807, 2.05) is 25.2 Å². The van der Waals surface area contributed by atoms with E-state index >= 15 is 0 Å². The number of hydrogen-bond donors (Lipinski definition) is 1. The summed E-state index contributed by atoms with van der Waals surface area (Å²) in [4.78, 5) is 27.3. The van der Waals surface area contributed by atoms with E-state index in [4.69, 9.17) is 4.74 Å². The first-order valence-electron chi connectivity index (χ1n) is 8.22. The number of esters is 1. The Hall–Kier alpha value is -1.72. The van der Waals surface area contributed by atoms with Gasteiger partial charge in [-0.3, -0.25) is 14.5 Å². The van der Waals surface area contributed by atoms with Crippen LogP contribution < -0.4 is 0 Å². The summed E-state index contributed by atoms with van der Waals surface area (Å²) in [5.74, 6) is -1.74. The van der Waals surface area contributed by atoms with Gasteiger partial charge >= 0.3 is 5.97 Å².